The number of likely N-dealkylation sites (tertiary alicyclic amines) is 1. The van der Waals surface area contributed by atoms with Crippen LogP contribution in [0.3, 0.4) is 0 Å². The molecule has 0 radical (unpaired) electrons. The highest BCUT2D eigenvalue weighted by Gasteiger charge is 2.49. The van der Waals surface area contributed by atoms with Crippen LogP contribution in [-0.4, -0.2) is 49.4 Å². The molecule has 6 nitrogen and oxygen atoms in total. The highest BCUT2D eigenvalue weighted by Crippen LogP contribution is 2.43. The number of rotatable bonds is 4. The number of hydrogen-bond acceptors (Lipinski definition) is 3. The molecule has 1 aromatic rings. The predicted molar refractivity (Wildman–Crippen MR) is 97.0 cm³/mol. The minimum atomic E-state index is -4.74. The molecule has 2 fully saturated rings. The van der Waals surface area contributed by atoms with Crippen LogP contribution in [0.15, 0.2) is 24.3 Å². The predicted octanol–water partition coefficient (Wildman–Crippen LogP) is 3.52. The van der Waals surface area contributed by atoms with E-state index < -0.39 is 11.8 Å². The number of alkyl halides is 3. The first-order valence-electron chi connectivity index (χ1n) is 9.45. The number of ether oxygens (including phenoxy) is 1. The van der Waals surface area contributed by atoms with Gasteiger partial charge in [0.15, 0.2) is 0 Å². The van der Waals surface area contributed by atoms with Gasteiger partial charge < -0.3 is 19.9 Å². The van der Waals surface area contributed by atoms with Gasteiger partial charge in [-0.1, -0.05) is 6.92 Å². The number of carbonyl (C=O) groups is 2. The fourth-order valence-electron chi connectivity index (χ4n) is 3.84. The molecule has 2 aliphatic heterocycles. The molecule has 2 aliphatic rings. The molecule has 1 spiro atoms. The molecular formula is C19H24F3N3O3. The number of urea groups is 1. The lowest BCUT2D eigenvalue weighted by Gasteiger charge is -2.37. The van der Waals surface area contributed by atoms with Crippen LogP contribution in [0.5, 0.6) is 5.75 Å². The van der Waals surface area contributed by atoms with Gasteiger partial charge in [0.2, 0.25) is 5.91 Å². The SMILES string of the molecule is CCCNC(=O)N1CCC2(CC1)CCN(c1ccc(OC(F)(F)F)cc1)C2=O. The summed E-state index contributed by atoms with van der Waals surface area (Å²) in [5, 5.41) is 2.85. The Hall–Kier alpha value is -2.45. The van der Waals surface area contributed by atoms with Gasteiger partial charge in [0, 0.05) is 31.9 Å². The van der Waals surface area contributed by atoms with Gasteiger partial charge in [0.25, 0.3) is 0 Å². The number of halogens is 3. The molecule has 9 heteroatoms. The summed E-state index contributed by atoms with van der Waals surface area (Å²) in [6.45, 7) is 4.17. The summed E-state index contributed by atoms with van der Waals surface area (Å²) in [5.41, 5.74) is 0.0578. The largest absolute Gasteiger partial charge is 0.573 e. The van der Waals surface area contributed by atoms with Crippen LogP contribution in [0.25, 0.3) is 0 Å². The molecule has 0 saturated carbocycles. The number of hydrogen-bond donors (Lipinski definition) is 1. The summed E-state index contributed by atoms with van der Waals surface area (Å²) < 4.78 is 40.7. The van der Waals surface area contributed by atoms with Crippen LogP contribution in [0.2, 0.25) is 0 Å². The molecule has 1 N–H and O–H groups in total. The normalized spacial score (nSPS) is 19.2. The van der Waals surface area contributed by atoms with Gasteiger partial charge in [-0.25, -0.2) is 4.79 Å². The van der Waals surface area contributed by atoms with Crippen molar-refractivity contribution in [3.05, 3.63) is 24.3 Å². The molecule has 0 aliphatic carbocycles. The fourth-order valence-corrected chi connectivity index (χ4v) is 3.84. The average molecular weight is 399 g/mol. The first-order valence-corrected chi connectivity index (χ1v) is 9.45. The van der Waals surface area contributed by atoms with E-state index in [1.165, 1.54) is 24.3 Å². The van der Waals surface area contributed by atoms with Crippen LogP contribution < -0.4 is 15.0 Å². The molecule has 0 atom stereocenters. The Morgan fingerprint density at radius 2 is 1.75 bits per heavy atom. The second-order valence-electron chi connectivity index (χ2n) is 7.25. The molecule has 0 bridgehead atoms. The average Bonchev–Trinajstić information content (AvgIpc) is 2.96. The second kappa shape index (κ2) is 7.89. The summed E-state index contributed by atoms with van der Waals surface area (Å²) >= 11 is 0. The van der Waals surface area contributed by atoms with E-state index in [-0.39, 0.29) is 17.7 Å². The van der Waals surface area contributed by atoms with Gasteiger partial charge in [-0.05, 0) is 49.9 Å². The molecule has 2 saturated heterocycles. The van der Waals surface area contributed by atoms with Crippen molar-refractivity contribution < 1.29 is 27.5 Å². The number of nitrogens with one attached hydrogen (secondary N) is 1. The Bertz CT molecular complexity index is 713. The highest BCUT2D eigenvalue weighted by molar-refractivity contribution is 6.00. The van der Waals surface area contributed by atoms with Crippen molar-refractivity contribution in [3.63, 3.8) is 0 Å². The minimum Gasteiger partial charge on any atom is -0.406 e. The summed E-state index contributed by atoms with van der Waals surface area (Å²) in [6.07, 6.45) is -2.01. The Morgan fingerprint density at radius 3 is 2.32 bits per heavy atom. The third kappa shape index (κ3) is 4.34. The number of nitrogens with zero attached hydrogens (tertiary/aromatic N) is 2. The summed E-state index contributed by atoms with van der Waals surface area (Å²) in [4.78, 5) is 28.5. The van der Waals surface area contributed by atoms with Crippen molar-refractivity contribution in [1.82, 2.24) is 10.2 Å². The van der Waals surface area contributed by atoms with Crippen LogP contribution in [0.1, 0.15) is 32.6 Å². The van der Waals surface area contributed by atoms with Crippen molar-refractivity contribution in [2.24, 2.45) is 5.41 Å². The highest BCUT2D eigenvalue weighted by atomic mass is 19.4. The lowest BCUT2D eigenvalue weighted by Crippen LogP contribution is -2.49. The van der Waals surface area contributed by atoms with E-state index >= 15 is 0 Å². The van der Waals surface area contributed by atoms with Crippen LogP contribution in [0, 0.1) is 5.41 Å². The van der Waals surface area contributed by atoms with Crippen LogP contribution in [-0.2, 0) is 4.79 Å². The van der Waals surface area contributed by atoms with Gasteiger partial charge in [-0.15, -0.1) is 13.2 Å². The Labute approximate surface area is 161 Å². The second-order valence-corrected chi connectivity index (χ2v) is 7.25. The Kier molecular flexibility index (Phi) is 5.71. The van der Waals surface area contributed by atoms with Gasteiger partial charge >= 0.3 is 12.4 Å². The Morgan fingerprint density at radius 1 is 1.14 bits per heavy atom. The molecular weight excluding hydrogens is 375 g/mol. The van der Waals surface area contributed by atoms with E-state index in [1.807, 2.05) is 6.92 Å². The van der Waals surface area contributed by atoms with E-state index in [0.29, 0.717) is 51.1 Å². The first-order chi connectivity index (χ1) is 13.2. The lowest BCUT2D eigenvalue weighted by molar-refractivity contribution is -0.274. The van der Waals surface area contributed by atoms with E-state index in [4.69, 9.17) is 0 Å². The van der Waals surface area contributed by atoms with Crippen molar-refractivity contribution in [2.45, 2.75) is 39.0 Å². The molecule has 2 heterocycles. The molecule has 154 valence electrons. The number of benzene rings is 1. The molecule has 28 heavy (non-hydrogen) atoms. The van der Waals surface area contributed by atoms with E-state index in [1.54, 1.807) is 9.80 Å². The number of carbonyl (C=O) groups excluding carboxylic acids is 2. The first kappa shape index (κ1) is 20.3. The zero-order chi connectivity index (χ0) is 20.4. The van der Waals surface area contributed by atoms with Crippen molar-refractivity contribution >= 4 is 17.6 Å². The number of amides is 3. The van der Waals surface area contributed by atoms with Crippen molar-refractivity contribution in [2.75, 3.05) is 31.1 Å². The monoisotopic (exact) mass is 399 g/mol. The van der Waals surface area contributed by atoms with Gasteiger partial charge in [0.05, 0.1) is 5.41 Å². The molecule has 0 aromatic heterocycles. The number of piperidine rings is 1. The van der Waals surface area contributed by atoms with E-state index in [2.05, 4.69) is 10.1 Å². The quantitative estimate of drug-likeness (QED) is 0.843. The molecule has 3 rings (SSSR count). The fraction of sp³-hybridized carbons (Fsp3) is 0.579. The lowest BCUT2D eigenvalue weighted by atomic mass is 9.77. The van der Waals surface area contributed by atoms with Gasteiger partial charge in [0.1, 0.15) is 5.75 Å². The smallest absolute Gasteiger partial charge is 0.406 e. The van der Waals surface area contributed by atoms with E-state index in [9.17, 15) is 22.8 Å². The summed E-state index contributed by atoms with van der Waals surface area (Å²) in [6, 6.07) is 5.25. The van der Waals surface area contributed by atoms with Crippen LogP contribution in [0.4, 0.5) is 23.7 Å². The maximum absolute atomic E-state index is 13.0. The molecule has 0 unspecified atom stereocenters. The molecule has 3 amide bonds. The van der Waals surface area contributed by atoms with Crippen molar-refractivity contribution in [3.8, 4) is 5.75 Å². The number of anilines is 1. The third-order valence-corrected chi connectivity index (χ3v) is 5.43. The topological polar surface area (TPSA) is 61.9 Å². The maximum atomic E-state index is 13.0. The minimum absolute atomic E-state index is 0.0226. The van der Waals surface area contributed by atoms with Crippen LogP contribution >= 0.6 is 0 Å². The molecule has 1 aromatic carbocycles. The van der Waals surface area contributed by atoms with E-state index in [0.717, 1.165) is 6.42 Å². The maximum Gasteiger partial charge on any atom is 0.573 e. The Balaban J connectivity index is 1.61. The standard InChI is InChI=1S/C19H24F3N3O3/c1-2-10-23-17(27)24-11-7-18(8-12-24)9-13-25(16(18)26)14-3-5-15(6-4-14)28-19(20,21)22/h3-6H,2,7-13H2,1H3,(H,23,27). The van der Waals surface area contributed by atoms with Crippen molar-refractivity contribution in [1.29, 1.82) is 0 Å². The van der Waals surface area contributed by atoms with Gasteiger partial charge in [-0.3, -0.25) is 4.79 Å². The summed E-state index contributed by atoms with van der Waals surface area (Å²) in [7, 11) is 0. The zero-order valence-electron chi connectivity index (χ0n) is 15.7. The summed E-state index contributed by atoms with van der Waals surface area (Å²) in [5.74, 6) is -0.338. The van der Waals surface area contributed by atoms with Gasteiger partial charge in [-0.2, -0.15) is 0 Å². The third-order valence-electron chi connectivity index (χ3n) is 5.43. The zero-order valence-corrected chi connectivity index (χ0v) is 15.7.